The summed E-state index contributed by atoms with van der Waals surface area (Å²) in [7, 11) is 1.65. The number of carbonyl (C=O) groups excluding carboxylic acids is 1. The van der Waals surface area contributed by atoms with E-state index in [0.29, 0.717) is 32.6 Å². The highest BCUT2D eigenvalue weighted by atomic mass is 16.5. The van der Waals surface area contributed by atoms with E-state index in [4.69, 9.17) is 9.47 Å². The van der Waals surface area contributed by atoms with Gasteiger partial charge < -0.3 is 14.8 Å². The molecule has 0 radical (unpaired) electrons. The largest absolute Gasteiger partial charge is 0.497 e. The van der Waals surface area contributed by atoms with E-state index in [1.807, 2.05) is 59.3 Å². The van der Waals surface area contributed by atoms with Crippen LogP contribution in [0.5, 0.6) is 5.75 Å². The normalized spacial score (nSPS) is 20.0. The lowest BCUT2D eigenvalue weighted by Gasteiger charge is -2.23. The summed E-state index contributed by atoms with van der Waals surface area (Å²) in [5.74, 6) is 0.630. The van der Waals surface area contributed by atoms with Crippen molar-refractivity contribution in [2.75, 3.05) is 13.7 Å². The summed E-state index contributed by atoms with van der Waals surface area (Å²) in [6, 6.07) is 17.6. The highest BCUT2D eigenvalue weighted by Crippen LogP contribution is 2.21. The number of nitrogens with one attached hydrogen (secondary N) is 1. The number of methoxy groups -OCH3 is 1. The van der Waals surface area contributed by atoms with Crippen LogP contribution in [0.4, 0.5) is 0 Å². The van der Waals surface area contributed by atoms with E-state index in [0.717, 1.165) is 22.6 Å². The summed E-state index contributed by atoms with van der Waals surface area (Å²) >= 11 is 0. The summed E-state index contributed by atoms with van der Waals surface area (Å²) < 4.78 is 13.0. The first kappa shape index (κ1) is 20.1. The molecule has 7 heteroatoms. The van der Waals surface area contributed by atoms with Gasteiger partial charge in [-0.3, -0.25) is 4.79 Å². The van der Waals surface area contributed by atoms with Crippen molar-refractivity contribution in [1.82, 2.24) is 20.3 Å². The minimum Gasteiger partial charge on any atom is -0.497 e. The van der Waals surface area contributed by atoms with Gasteiger partial charge in [0.2, 0.25) is 5.91 Å². The third-order valence-electron chi connectivity index (χ3n) is 5.45. The van der Waals surface area contributed by atoms with Crippen LogP contribution in [0.2, 0.25) is 0 Å². The Labute approximate surface area is 176 Å². The Bertz CT molecular complexity index is 956. The fourth-order valence-electron chi connectivity index (χ4n) is 3.71. The van der Waals surface area contributed by atoms with Gasteiger partial charge in [-0.05, 0) is 36.1 Å². The Morgan fingerprint density at radius 2 is 1.97 bits per heavy atom. The van der Waals surface area contributed by atoms with Crippen LogP contribution in [0.15, 0.2) is 60.8 Å². The number of ether oxygens (including phenoxy) is 2. The van der Waals surface area contributed by atoms with Crippen LogP contribution in [0.3, 0.4) is 0 Å². The van der Waals surface area contributed by atoms with Crippen LogP contribution in [-0.4, -0.2) is 34.6 Å². The first-order chi connectivity index (χ1) is 14.7. The molecule has 0 bridgehead atoms. The highest BCUT2D eigenvalue weighted by molar-refractivity contribution is 5.79. The second-order valence-electron chi connectivity index (χ2n) is 7.47. The predicted octanol–water partition coefficient (Wildman–Crippen LogP) is 2.92. The lowest BCUT2D eigenvalue weighted by atomic mass is 9.94. The second-order valence-corrected chi connectivity index (χ2v) is 7.47. The van der Waals surface area contributed by atoms with Crippen LogP contribution in [0.25, 0.3) is 0 Å². The quantitative estimate of drug-likeness (QED) is 0.721. The molecule has 4 rings (SSSR count). The zero-order valence-electron chi connectivity index (χ0n) is 17.0. The number of nitrogens with zero attached hydrogens (tertiary/aromatic N) is 3. The van der Waals surface area contributed by atoms with Gasteiger partial charge in [-0.2, -0.15) is 0 Å². The topological polar surface area (TPSA) is 78.3 Å². The maximum absolute atomic E-state index is 13.3. The number of aromatic nitrogens is 3. The van der Waals surface area contributed by atoms with Crippen LogP contribution in [-0.2, 0) is 29.1 Å². The molecule has 0 aliphatic carbocycles. The molecule has 0 spiro atoms. The van der Waals surface area contributed by atoms with Gasteiger partial charge in [0, 0.05) is 12.5 Å². The first-order valence-corrected chi connectivity index (χ1v) is 10.2. The minimum absolute atomic E-state index is 0.0202. The standard InChI is InChI=1S/C23H26N4O3/c1-29-21-9-7-17(8-10-21)13-19-11-12-27-20(14-24-26-27)15-30-16-22(25-23(19)28)18-5-3-2-4-6-18/h2-10,14,19,22H,11-13,15-16H2,1H3,(H,25,28)/t19-,22-/m0/s1. The molecule has 2 aromatic carbocycles. The smallest absolute Gasteiger partial charge is 0.224 e. The van der Waals surface area contributed by atoms with Gasteiger partial charge in [0.15, 0.2) is 0 Å². The van der Waals surface area contributed by atoms with E-state index in [1.165, 1.54) is 0 Å². The lowest BCUT2D eigenvalue weighted by Crippen LogP contribution is -2.37. The number of carbonyl (C=O) groups is 1. The van der Waals surface area contributed by atoms with Gasteiger partial charge in [-0.1, -0.05) is 47.7 Å². The number of hydrogen-bond donors (Lipinski definition) is 1. The van der Waals surface area contributed by atoms with Crippen molar-refractivity contribution >= 4 is 5.91 Å². The molecular formula is C23H26N4O3. The molecule has 0 fully saturated rings. The first-order valence-electron chi connectivity index (χ1n) is 10.2. The van der Waals surface area contributed by atoms with Gasteiger partial charge in [-0.25, -0.2) is 4.68 Å². The van der Waals surface area contributed by atoms with Gasteiger partial charge in [-0.15, -0.1) is 5.10 Å². The van der Waals surface area contributed by atoms with Crippen molar-refractivity contribution in [2.45, 2.75) is 32.0 Å². The monoisotopic (exact) mass is 406 g/mol. The summed E-state index contributed by atoms with van der Waals surface area (Å²) in [5.41, 5.74) is 3.04. The van der Waals surface area contributed by atoms with Crippen molar-refractivity contribution in [1.29, 1.82) is 0 Å². The Morgan fingerprint density at radius 3 is 2.73 bits per heavy atom. The van der Waals surface area contributed by atoms with Gasteiger partial charge in [0.05, 0.1) is 38.3 Å². The van der Waals surface area contributed by atoms with Crippen LogP contribution in [0, 0.1) is 5.92 Å². The average Bonchev–Trinajstić information content (AvgIpc) is 3.23. The molecule has 0 saturated heterocycles. The molecule has 7 nitrogen and oxygen atoms in total. The Morgan fingerprint density at radius 1 is 1.17 bits per heavy atom. The minimum atomic E-state index is -0.209. The lowest BCUT2D eigenvalue weighted by molar-refractivity contribution is -0.126. The van der Waals surface area contributed by atoms with Crippen molar-refractivity contribution in [2.24, 2.45) is 5.92 Å². The summed E-state index contributed by atoms with van der Waals surface area (Å²) in [6.45, 7) is 1.41. The highest BCUT2D eigenvalue weighted by Gasteiger charge is 2.24. The molecule has 1 aliphatic heterocycles. The third-order valence-corrected chi connectivity index (χ3v) is 5.45. The Hall–Kier alpha value is -3.19. The number of fused-ring (bicyclic) bond motifs is 1. The molecule has 0 saturated carbocycles. The summed E-state index contributed by atoms with van der Waals surface area (Å²) in [5, 5.41) is 11.4. The van der Waals surface area contributed by atoms with E-state index in [2.05, 4.69) is 15.6 Å². The fraction of sp³-hybridized carbons (Fsp3) is 0.348. The van der Waals surface area contributed by atoms with E-state index in [-0.39, 0.29) is 17.9 Å². The van der Waals surface area contributed by atoms with Crippen molar-refractivity contribution in [3.05, 3.63) is 77.6 Å². The van der Waals surface area contributed by atoms with E-state index >= 15 is 0 Å². The van der Waals surface area contributed by atoms with Crippen molar-refractivity contribution in [3.63, 3.8) is 0 Å². The van der Waals surface area contributed by atoms with Crippen LogP contribution >= 0.6 is 0 Å². The molecule has 2 atom stereocenters. The zero-order valence-corrected chi connectivity index (χ0v) is 17.0. The number of benzene rings is 2. The van der Waals surface area contributed by atoms with Gasteiger partial charge in [0.25, 0.3) is 0 Å². The fourth-order valence-corrected chi connectivity index (χ4v) is 3.71. The Kier molecular flexibility index (Phi) is 6.39. The number of hydrogen-bond acceptors (Lipinski definition) is 5. The molecule has 0 unspecified atom stereocenters. The summed E-state index contributed by atoms with van der Waals surface area (Å²) in [4.78, 5) is 13.3. The number of rotatable bonds is 4. The summed E-state index contributed by atoms with van der Waals surface area (Å²) in [6.07, 6.45) is 3.03. The van der Waals surface area contributed by atoms with Crippen LogP contribution < -0.4 is 10.1 Å². The molecule has 1 amide bonds. The number of amides is 1. The molecule has 1 aromatic heterocycles. The molecular weight excluding hydrogens is 380 g/mol. The van der Waals surface area contributed by atoms with E-state index < -0.39 is 0 Å². The average molecular weight is 406 g/mol. The number of aryl methyl sites for hydroxylation is 1. The van der Waals surface area contributed by atoms with Crippen molar-refractivity contribution < 1.29 is 14.3 Å². The SMILES string of the molecule is COc1ccc(C[C@@H]2CCn3nncc3COC[C@@H](c3ccccc3)NC2=O)cc1. The van der Waals surface area contributed by atoms with E-state index in [9.17, 15) is 4.79 Å². The molecule has 1 N–H and O–H groups in total. The Balaban J connectivity index is 1.58. The molecule has 156 valence electrons. The zero-order chi connectivity index (χ0) is 20.8. The maximum atomic E-state index is 13.3. The van der Waals surface area contributed by atoms with Crippen molar-refractivity contribution in [3.8, 4) is 5.75 Å². The second kappa shape index (κ2) is 9.54. The van der Waals surface area contributed by atoms with Gasteiger partial charge >= 0.3 is 0 Å². The molecule has 2 heterocycles. The van der Waals surface area contributed by atoms with E-state index in [1.54, 1.807) is 13.3 Å². The van der Waals surface area contributed by atoms with Crippen LogP contribution in [0.1, 0.15) is 29.3 Å². The van der Waals surface area contributed by atoms with Gasteiger partial charge in [0.1, 0.15) is 5.75 Å². The maximum Gasteiger partial charge on any atom is 0.224 e. The predicted molar refractivity (Wildman–Crippen MR) is 112 cm³/mol. The molecule has 30 heavy (non-hydrogen) atoms. The molecule has 1 aliphatic rings. The third kappa shape index (κ3) is 4.86. The molecule has 3 aromatic rings.